The van der Waals surface area contributed by atoms with Gasteiger partial charge in [0, 0.05) is 45.1 Å². The summed E-state index contributed by atoms with van der Waals surface area (Å²) in [5, 5.41) is 0. The maximum absolute atomic E-state index is 12.7. The molecule has 2 unspecified atom stereocenters. The summed E-state index contributed by atoms with van der Waals surface area (Å²) in [4.78, 5) is 40.3. The van der Waals surface area contributed by atoms with Crippen molar-refractivity contribution in [3.05, 3.63) is 29.6 Å². The average Bonchev–Trinajstić information content (AvgIpc) is 2.96. The number of imide groups is 1. The maximum atomic E-state index is 12.7. The zero-order chi connectivity index (χ0) is 20.4. The second-order valence-electron chi connectivity index (χ2n) is 8.59. The molecule has 0 radical (unpaired) electrons. The first-order valence-electron chi connectivity index (χ1n) is 10.8. The number of aromatic nitrogens is 2. The van der Waals surface area contributed by atoms with Crippen LogP contribution in [0.3, 0.4) is 0 Å². The Morgan fingerprint density at radius 2 is 1.40 bits per heavy atom. The highest BCUT2D eigenvalue weighted by atomic mass is 35.5. The Morgan fingerprint density at radius 3 is 1.97 bits per heavy atom. The van der Waals surface area contributed by atoms with Crippen LogP contribution in [-0.2, 0) is 9.59 Å². The molecule has 3 heterocycles. The summed E-state index contributed by atoms with van der Waals surface area (Å²) >= 11 is 0. The van der Waals surface area contributed by atoms with Crippen LogP contribution in [0, 0.1) is 11.8 Å². The minimum absolute atomic E-state index is 0. The van der Waals surface area contributed by atoms with Gasteiger partial charge in [-0.1, -0.05) is 11.1 Å². The van der Waals surface area contributed by atoms with Gasteiger partial charge in [0.1, 0.15) is 0 Å². The van der Waals surface area contributed by atoms with E-state index in [0.717, 1.165) is 64.4 Å². The number of unbranched alkanes of at least 4 members (excludes halogenated alkanes) is 1. The number of rotatable bonds is 6. The molecule has 0 N–H and O–H groups in total. The second-order valence-corrected chi connectivity index (χ2v) is 8.59. The number of nitrogens with zero attached hydrogens (tertiary/aromatic N) is 5. The van der Waals surface area contributed by atoms with E-state index in [4.69, 9.17) is 0 Å². The van der Waals surface area contributed by atoms with Gasteiger partial charge in [0.05, 0.1) is 11.8 Å². The van der Waals surface area contributed by atoms with E-state index in [0.29, 0.717) is 6.54 Å². The van der Waals surface area contributed by atoms with E-state index in [1.54, 1.807) is 17.3 Å². The molecule has 0 aromatic carbocycles. The first kappa shape index (κ1) is 22.7. The molecular formula is C22H32ClN5O2. The maximum Gasteiger partial charge on any atom is 0.233 e. The third-order valence-corrected chi connectivity index (χ3v) is 6.75. The zero-order valence-electron chi connectivity index (χ0n) is 17.9. The predicted molar refractivity (Wildman–Crippen MR) is 118 cm³/mol. The molecule has 30 heavy (non-hydrogen) atoms. The van der Waals surface area contributed by atoms with Gasteiger partial charge in [-0.3, -0.25) is 19.4 Å². The van der Waals surface area contributed by atoms with Crippen molar-refractivity contribution < 1.29 is 9.59 Å². The van der Waals surface area contributed by atoms with Crippen molar-refractivity contribution in [3.8, 4) is 0 Å². The molecule has 2 atom stereocenters. The van der Waals surface area contributed by atoms with Gasteiger partial charge in [-0.25, -0.2) is 9.97 Å². The number of allylic oxidation sites excluding steroid dienone is 2. The lowest BCUT2D eigenvalue weighted by atomic mass is 9.78. The predicted octanol–water partition coefficient (Wildman–Crippen LogP) is 2.53. The fourth-order valence-electron chi connectivity index (χ4n) is 4.77. The standard InChI is InChI=1S/C22H31N5O2.ClH/c1-16-14-18-19(15-17(16)2)21(29)27(20(18)28)9-4-3-8-25-10-12-26(13-11-25)22-23-6-5-7-24-22;/h5-7,18-19H,3-4,8-15H2,1-2H3;1H. The van der Waals surface area contributed by atoms with Crippen LogP contribution in [0.5, 0.6) is 0 Å². The molecular weight excluding hydrogens is 402 g/mol. The van der Waals surface area contributed by atoms with E-state index in [1.165, 1.54) is 11.1 Å². The molecule has 2 amide bonds. The lowest BCUT2D eigenvalue weighted by molar-refractivity contribution is -0.140. The van der Waals surface area contributed by atoms with Crippen LogP contribution in [0.4, 0.5) is 5.95 Å². The number of fused-ring (bicyclic) bond motifs is 1. The molecule has 1 aliphatic carbocycles. The highest BCUT2D eigenvalue weighted by Crippen LogP contribution is 2.40. The summed E-state index contributed by atoms with van der Waals surface area (Å²) in [6.45, 7) is 9.62. The van der Waals surface area contributed by atoms with Crippen molar-refractivity contribution in [2.75, 3.05) is 44.2 Å². The Balaban J connectivity index is 0.00000256. The molecule has 2 fully saturated rings. The number of halogens is 1. The van der Waals surface area contributed by atoms with Gasteiger partial charge in [0.2, 0.25) is 17.8 Å². The van der Waals surface area contributed by atoms with E-state index >= 15 is 0 Å². The van der Waals surface area contributed by atoms with Gasteiger partial charge in [0.15, 0.2) is 0 Å². The summed E-state index contributed by atoms with van der Waals surface area (Å²) in [7, 11) is 0. The summed E-state index contributed by atoms with van der Waals surface area (Å²) in [5.74, 6) is 0.699. The number of anilines is 1. The number of likely N-dealkylation sites (tertiary alicyclic amines) is 1. The van der Waals surface area contributed by atoms with E-state index in [9.17, 15) is 9.59 Å². The molecule has 8 heteroatoms. The molecule has 4 rings (SSSR count). The third-order valence-electron chi connectivity index (χ3n) is 6.75. The zero-order valence-corrected chi connectivity index (χ0v) is 18.7. The topological polar surface area (TPSA) is 69.6 Å². The third kappa shape index (κ3) is 4.67. The van der Waals surface area contributed by atoms with Crippen LogP contribution in [0.2, 0.25) is 0 Å². The first-order valence-corrected chi connectivity index (χ1v) is 10.8. The van der Waals surface area contributed by atoms with E-state index < -0.39 is 0 Å². The molecule has 7 nitrogen and oxygen atoms in total. The molecule has 0 bridgehead atoms. The minimum atomic E-state index is -0.112. The Kier molecular flexibility index (Phi) is 7.47. The molecule has 3 aliphatic rings. The fraction of sp³-hybridized carbons (Fsp3) is 0.636. The van der Waals surface area contributed by atoms with Gasteiger partial charge >= 0.3 is 0 Å². The van der Waals surface area contributed by atoms with E-state index in [2.05, 4.69) is 33.6 Å². The SMILES string of the molecule is CC1=C(C)CC2C(=O)N(CCCCN3CCN(c4ncccn4)CC3)C(=O)C2C1.Cl. The fourth-order valence-corrected chi connectivity index (χ4v) is 4.77. The number of carbonyl (C=O) groups is 2. The highest BCUT2D eigenvalue weighted by Gasteiger charge is 2.48. The van der Waals surface area contributed by atoms with Crippen molar-refractivity contribution in [2.45, 2.75) is 39.5 Å². The Morgan fingerprint density at radius 1 is 0.867 bits per heavy atom. The van der Waals surface area contributed by atoms with Crippen LogP contribution >= 0.6 is 12.4 Å². The Labute approximate surface area is 184 Å². The van der Waals surface area contributed by atoms with E-state index in [1.807, 2.05) is 6.07 Å². The van der Waals surface area contributed by atoms with Crippen molar-refractivity contribution in [2.24, 2.45) is 11.8 Å². The minimum Gasteiger partial charge on any atom is -0.338 e. The molecule has 0 saturated carbocycles. The van der Waals surface area contributed by atoms with Gasteiger partial charge < -0.3 is 4.90 Å². The molecule has 1 aromatic rings. The van der Waals surface area contributed by atoms with Crippen LogP contribution in [0.25, 0.3) is 0 Å². The van der Waals surface area contributed by atoms with Crippen molar-refractivity contribution in [1.29, 1.82) is 0 Å². The van der Waals surface area contributed by atoms with Gasteiger partial charge in [-0.05, 0) is 52.1 Å². The van der Waals surface area contributed by atoms with Crippen LogP contribution in [-0.4, -0.2) is 70.9 Å². The largest absolute Gasteiger partial charge is 0.338 e. The molecule has 0 spiro atoms. The van der Waals surface area contributed by atoms with Gasteiger partial charge in [-0.2, -0.15) is 0 Å². The molecule has 164 valence electrons. The number of carbonyl (C=O) groups excluding carboxylic acids is 2. The monoisotopic (exact) mass is 433 g/mol. The highest BCUT2D eigenvalue weighted by molar-refractivity contribution is 6.05. The summed E-state index contributed by atoms with van der Waals surface area (Å²) in [5.41, 5.74) is 2.57. The molecule has 1 aromatic heterocycles. The summed E-state index contributed by atoms with van der Waals surface area (Å²) in [6, 6.07) is 1.84. The smallest absolute Gasteiger partial charge is 0.233 e. The number of amides is 2. The number of hydrogen-bond donors (Lipinski definition) is 0. The van der Waals surface area contributed by atoms with Gasteiger partial charge in [-0.15, -0.1) is 12.4 Å². The summed E-state index contributed by atoms with van der Waals surface area (Å²) < 4.78 is 0. The quantitative estimate of drug-likeness (QED) is 0.390. The van der Waals surface area contributed by atoms with Crippen molar-refractivity contribution in [3.63, 3.8) is 0 Å². The van der Waals surface area contributed by atoms with Crippen molar-refractivity contribution >= 4 is 30.2 Å². The average molecular weight is 434 g/mol. The Hall–Kier alpha value is -1.99. The first-order chi connectivity index (χ1) is 14.0. The molecule has 2 saturated heterocycles. The summed E-state index contributed by atoms with van der Waals surface area (Å²) in [6.07, 6.45) is 6.96. The lowest BCUT2D eigenvalue weighted by Crippen LogP contribution is -2.47. The molecule has 2 aliphatic heterocycles. The van der Waals surface area contributed by atoms with Crippen LogP contribution in [0.15, 0.2) is 29.6 Å². The normalized spacial score (nSPS) is 24.9. The van der Waals surface area contributed by atoms with Gasteiger partial charge in [0.25, 0.3) is 0 Å². The number of piperazine rings is 1. The van der Waals surface area contributed by atoms with Crippen LogP contribution < -0.4 is 4.90 Å². The lowest BCUT2D eigenvalue weighted by Gasteiger charge is -2.34. The second kappa shape index (κ2) is 9.88. The Bertz CT molecular complexity index is 760. The van der Waals surface area contributed by atoms with Crippen LogP contribution in [0.1, 0.15) is 39.5 Å². The number of hydrogen-bond acceptors (Lipinski definition) is 6. The van der Waals surface area contributed by atoms with E-state index in [-0.39, 0.29) is 36.1 Å². The van der Waals surface area contributed by atoms with Crippen molar-refractivity contribution in [1.82, 2.24) is 19.8 Å².